The summed E-state index contributed by atoms with van der Waals surface area (Å²) >= 11 is 6.80. The maximum Gasteiger partial charge on any atom is 0.243 e. The number of nitrogens with one attached hydrogen (secondary N) is 1. The molecule has 0 atom stereocenters. The van der Waals surface area contributed by atoms with Crippen LogP contribution in [0.5, 0.6) is 5.75 Å². The summed E-state index contributed by atoms with van der Waals surface area (Å²) in [5, 5.41) is 3.95. The molecule has 0 radical (unpaired) electrons. The summed E-state index contributed by atoms with van der Waals surface area (Å²) in [5.74, 6) is 0.820. The number of carbonyl (C=O) groups excluding carboxylic acids is 1. The minimum atomic E-state index is -0.0146. The standard InChI is InChI=1S/C12H12Br2N2O2/c1-18-11-8(4-9(13)5-10(11)14)6-15-16-12(17)7-2-3-7/h4-7H,2-3H2,1H3,(H,16,17)/b15-6-. The van der Waals surface area contributed by atoms with Crippen LogP contribution in [0.1, 0.15) is 18.4 Å². The molecule has 1 aromatic rings. The van der Waals surface area contributed by atoms with Crippen LogP contribution in [0.15, 0.2) is 26.2 Å². The molecule has 6 heteroatoms. The third-order valence-corrected chi connectivity index (χ3v) is 3.61. The number of hydrogen-bond acceptors (Lipinski definition) is 3. The van der Waals surface area contributed by atoms with Crippen LogP contribution in [-0.2, 0) is 4.79 Å². The van der Waals surface area contributed by atoms with Crippen molar-refractivity contribution in [1.29, 1.82) is 0 Å². The van der Waals surface area contributed by atoms with Gasteiger partial charge in [-0.3, -0.25) is 4.79 Å². The summed E-state index contributed by atoms with van der Waals surface area (Å²) in [7, 11) is 1.59. The lowest BCUT2D eigenvalue weighted by atomic mass is 10.2. The molecule has 0 unspecified atom stereocenters. The van der Waals surface area contributed by atoms with Gasteiger partial charge < -0.3 is 4.74 Å². The van der Waals surface area contributed by atoms with Crippen molar-refractivity contribution in [3.8, 4) is 5.75 Å². The second kappa shape index (κ2) is 5.84. The van der Waals surface area contributed by atoms with Gasteiger partial charge in [0.25, 0.3) is 0 Å². The molecule has 1 aromatic carbocycles. The number of methoxy groups -OCH3 is 1. The molecular formula is C12H12Br2N2O2. The Kier molecular flexibility index (Phi) is 4.40. The summed E-state index contributed by atoms with van der Waals surface area (Å²) in [6, 6.07) is 3.76. The van der Waals surface area contributed by atoms with Gasteiger partial charge in [0, 0.05) is 16.0 Å². The average molecular weight is 376 g/mol. The summed E-state index contributed by atoms with van der Waals surface area (Å²) in [6.07, 6.45) is 3.51. The predicted molar refractivity (Wildman–Crippen MR) is 76.9 cm³/mol. The van der Waals surface area contributed by atoms with Gasteiger partial charge in [-0.1, -0.05) is 15.9 Å². The van der Waals surface area contributed by atoms with Crippen LogP contribution in [0.25, 0.3) is 0 Å². The van der Waals surface area contributed by atoms with E-state index in [1.165, 1.54) is 0 Å². The summed E-state index contributed by atoms with van der Waals surface area (Å²) in [6.45, 7) is 0. The Labute approximate surface area is 122 Å². The molecule has 4 nitrogen and oxygen atoms in total. The van der Waals surface area contributed by atoms with Gasteiger partial charge in [-0.05, 0) is 40.9 Å². The molecular weight excluding hydrogens is 364 g/mol. The van der Waals surface area contributed by atoms with E-state index in [9.17, 15) is 4.79 Å². The van der Waals surface area contributed by atoms with Crippen molar-refractivity contribution in [3.05, 3.63) is 26.6 Å². The second-order valence-electron chi connectivity index (χ2n) is 4.02. The highest BCUT2D eigenvalue weighted by molar-refractivity contribution is 9.11. The highest BCUT2D eigenvalue weighted by Crippen LogP contribution is 2.31. The van der Waals surface area contributed by atoms with Crippen molar-refractivity contribution in [2.24, 2.45) is 11.0 Å². The summed E-state index contributed by atoms with van der Waals surface area (Å²) in [4.78, 5) is 11.4. The van der Waals surface area contributed by atoms with E-state index in [4.69, 9.17) is 4.74 Å². The molecule has 1 aliphatic carbocycles. The minimum absolute atomic E-state index is 0.0146. The first kappa shape index (κ1) is 13.5. The third kappa shape index (κ3) is 3.32. The van der Waals surface area contributed by atoms with Gasteiger partial charge in [0.1, 0.15) is 5.75 Å². The molecule has 96 valence electrons. The quantitative estimate of drug-likeness (QED) is 0.649. The number of carbonyl (C=O) groups is 1. The number of hydrogen-bond donors (Lipinski definition) is 1. The fraction of sp³-hybridized carbons (Fsp3) is 0.333. The number of halogens is 2. The van der Waals surface area contributed by atoms with Crippen molar-refractivity contribution in [2.45, 2.75) is 12.8 Å². The van der Waals surface area contributed by atoms with Crippen molar-refractivity contribution >= 4 is 44.0 Å². The van der Waals surface area contributed by atoms with Gasteiger partial charge >= 0.3 is 0 Å². The van der Waals surface area contributed by atoms with Crippen LogP contribution in [0.4, 0.5) is 0 Å². The maximum atomic E-state index is 11.4. The molecule has 2 rings (SSSR count). The van der Waals surface area contributed by atoms with Crippen LogP contribution in [0, 0.1) is 5.92 Å². The van der Waals surface area contributed by atoms with E-state index in [-0.39, 0.29) is 11.8 Å². The molecule has 1 N–H and O–H groups in total. The van der Waals surface area contributed by atoms with Crippen LogP contribution < -0.4 is 10.2 Å². The fourth-order valence-electron chi connectivity index (χ4n) is 1.49. The third-order valence-electron chi connectivity index (χ3n) is 2.57. The first-order valence-electron chi connectivity index (χ1n) is 5.47. The van der Waals surface area contributed by atoms with Crippen LogP contribution in [0.3, 0.4) is 0 Å². The second-order valence-corrected chi connectivity index (χ2v) is 5.79. The normalized spacial score (nSPS) is 14.8. The first-order valence-corrected chi connectivity index (χ1v) is 7.06. The molecule has 0 heterocycles. The molecule has 1 saturated carbocycles. The molecule has 0 aliphatic heterocycles. The zero-order valence-electron chi connectivity index (χ0n) is 9.74. The van der Waals surface area contributed by atoms with Crippen molar-refractivity contribution in [2.75, 3.05) is 7.11 Å². The van der Waals surface area contributed by atoms with Crippen molar-refractivity contribution in [1.82, 2.24) is 5.43 Å². The van der Waals surface area contributed by atoms with Crippen LogP contribution >= 0.6 is 31.9 Å². The highest BCUT2D eigenvalue weighted by atomic mass is 79.9. The first-order chi connectivity index (χ1) is 8.61. The lowest BCUT2D eigenvalue weighted by molar-refractivity contribution is -0.122. The Morgan fingerprint density at radius 2 is 2.22 bits per heavy atom. The number of nitrogens with zero attached hydrogens (tertiary/aromatic N) is 1. The molecule has 0 saturated heterocycles. The van der Waals surface area contributed by atoms with E-state index in [2.05, 4.69) is 42.4 Å². The summed E-state index contributed by atoms with van der Waals surface area (Å²) < 4.78 is 7.01. The zero-order valence-corrected chi connectivity index (χ0v) is 12.9. The molecule has 18 heavy (non-hydrogen) atoms. The number of benzene rings is 1. The maximum absolute atomic E-state index is 11.4. The van der Waals surface area contributed by atoms with Crippen LogP contribution in [-0.4, -0.2) is 19.2 Å². The Balaban J connectivity index is 2.11. The fourth-order valence-corrected chi connectivity index (χ4v) is 2.91. The Morgan fingerprint density at radius 1 is 1.50 bits per heavy atom. The minimum Gasteiger partial charge on any atom is -0.495 e. The molecule has 0 spiro atoms. The number of rotatable bonds is 4. The molecule has 1 aliphatic rings. The molecule has 1 amide bonds. The smallest absolute Gasteiger partial charge is 0.243 e. The number of hydrazone groups is 1. The van der Waals surface area contributed by atoms with E-state index >= 15 is 0 Å². The Hall–Kier alpha value is -0.880. The van der Waals surface area contributed by atoms with Gasteiger partial charge in [0.05, 0.1) is 17.8 Å². The number of amides is 1. The van der Waals surface area contributed by atoms with Gasteiger partial charge in [0.2, 0.25) is 5.91 Å². The van der Waals surface area contributed by atoms with Gasteiger partial charge in [-0.15, -0.1) is 0 Å². The van der Waals surface area contributed by atoms with E-state index in [0.29, 0.717) is 5.75 Å². The molecule has 0 bridgehead atoms. The van der Waals surface area contributed by atoms with Gasteiger partial charge in [0.15, 0.2) is 0 Å². The van der Waals surface area contributed by atoms with Crippen LogP contribution in [0.2, 0.25) is 0 Å². The lowest BCUT2D eigenvalue weighted by Gasteiger charge is -2.07. The summed E-state index contributed by atoms with van der Waals surface area (Å²) in [5.41, 5.74) is 3.31. The Bertz CT molecular complexity index is 499. The number of ether oxygens (including phenoxy) is 1. The molecule has 0 aromatic heterocycles. The van der Waals surface area contributed by atoms with E-state index in [0.717, 1.165) is 27.4 Å². The Morgan fingerprint density at radius 3 is 2.83 bits per heavy atom. The van der Waals surface area contributed by atoms with Crippen molar-refractivity contribution in [3.63, 3.8) is 0 Å². The largest absolute Gasteiger partial charge is 0.495 e. The topological polar surface area (TPSA) is 50.7 Å². The predicted octanol–water partition coefficient (Wildman–Crippen LogP) is 3.08. The van der Waals surface area contributed by atoms with Crippen molar-refractivity contribution < 1.29 is 9.53 Å². The lowest BCUT2D eigenvalue weighted by Crippen LogP contribution is -2.19. The highest BCUT2D eigenvalue weighted by Gasteiger charge is 2.29. The monoisotopic (exact) mass is 374 g/mol. The average Bonchev–Trinajstić information content (AvgIpc) is 3.12. The van der Waals surface area contributed by atoms with E-state index < -0.39 is 0 Å². The van der Waals surface area contributed by atoms with E-state index in [1.807, 2.05) is 12.1 Å². The molecule has 1 fully saturated rings. The van der Waals surface area contributed by atoms with E-state index in [1.54, 1.807) is 13.3 Å². The zero-order chi connectivity index (χ0) is 13.1. The van der Waals surface area contributed by atoms with Gasteiger partial charge in [-0.25, -0.2) is 5.43 Å². The van der Waals surface area contributed by atoms with Gasteiger partial charge in [-0.2, -0.15) is 5.10 Å². The SMILES string of the molecule is COc1c(Br)cc(Br)cc1/C=N\NC(=O)C1CC1.